The van der Waals surface area contributed by atoms with Crippen LogP contribution in [0, 0.1) is 0 Å². The molecule has 0 bridgehead atoms. The van der Waals surface area contributed by atoms with Gasteiger partial charge in [-0.15, -0.1) is 0 Å². The first-order chi connectivity index (χ1) is 10.8. The minimum atomic E-state index is -1.53. The summed E-state index contributed by atoms with van der Waals surface area (Å²) in [7, 11) is -1.53. The molecule has 0 aliphatic rings. The number of hydrogen-bond acceptors (Lipinski definition) is 1. The summed E-state index contributed by atoms with van der Waals surface area (Å²) < 4.78 is 12.5. The molecule has 0 heterocycles. The SMILES string of the molecule is C=Cc1ccccc1-c1ccc([P+](=O)c2ccccc2)cc1. The smallest absolute Gasteiger partial charge is 0.0984 e. The fraction of sp³-hybridized carbons (Fsp3) is 0. The van der Waals surface area contributed by atoms with E-state index in [4.69, 9.17) is 0 Å². The third-order valence-corrected chi connectivity index (χ3v) is 5.12. The van der Waals surface area contributed by atoms with E-state index in [1.54, 1.807) is 0 Å². The van der Waals surface area contributed by atoms with E-state index >= 15 is 0 Å². The maximum absolute atomic E-state index is 12.5. The largest absolute Gasteiger partial charge is 0.415 e. The van der Waals surface area contributed by atoms with E-state index in [0.29, 0.717) is 0 Å². The molecule has 0 fully saturated rings. The van der Waals surface area contributed by atoms with Gasteiger partial charge < -0.3 is 0 Å². The molecule has 3 aromatic rings. The van der Waals surface area contributed by atoms with E-state index in [0.717, 1.165) is 27.3 Å². The maximum Gasteiger partial charge on any atom is 0.415 e. The van der Waals surface area contributed by atoms with E-state index in [1.807, 2.05) is 78.9 Å². The molecule has 0 aliphatic carbocycles. The average molecular weight is 303 g/mol. The van der Waals surface area contributed by atoms with E-state index in [-0.39, 0.29) is 0 Å². The van der Waals surface area contributed by atoms with Crippen LogP contribution in [-0.4, -0.2) is 0 Å². The minimum absolute atomic E-state index is 0.848. The van der Waals surface area contributed by atoms with Crippen molar-refractivity contribution in [1.82, 2.24) is 0 Å². The van der Waals surface area contributed by atoms with Gasteiger partial charge in [0.2, 0.25) is 0 Å². The van der Waals surface area contributed by atoms with Gasteiger partial charge >= 0.3 is 7.80 Å². The highest BCUT2D eigenvalue weighted by atomic mass is 31.1. The van der Waals surface area contributed by atoms with Gasteiger partial charge in [0, 0.05) is 0 Å². The summed E-state index contributed by atoms with van der Waals surface area (Å²) in [6.07, 6.45) is 1.85. The van der Waals surface area contributed by atoms with Crippen LogP contribution in [-0.2, 0) is 4.57 Å². The van der Waals surface area contributed by atoms with Gasteiger partial charge in [0.05, 0.1) is 0 Å². The molecule has 0 aromatic heterocycles. The Labute approximate surface area is 131 Å². The van der Waals surface area contributed by atoms with Gasteiger partial charge in [-0.1, -0.05) is 59.7 Å². The molecule has 3 aromatic carbocycles. The average Bonchev–Trinajstić information content (AvgIpc) is 2.62. The Kier molecular flexibility index (Phi) is 4.27. The zero-order chi connectivity index (χ0) is 15.4. The predicted octanol–water partition coefficient (Wildman–Crippen LogP) is 4.77. The Bertz CT molecular complexity index is 805. The highest BCUT2D eigenvalue weighted by molar-refractivity contribution is 7.61. The lowest BCUT2D eigenvalue weighted by molar-refractivity contribution is 0.598. The first-order valence-electron chi connectivity index (χ1n) is 7.14. The van der Waals surface area contributed by atoms with Gasteiger partial charge in [-0.3, -0.25) is 0 Å². The Morgan fingerprint density at radius 1 is 0.727 bits per heavy atom. The van der Waals surface area contributed by atoms with E-state index < -0.39 is 7.80 Å². The highest BCUT2D eigenvalue weighted by Crippen LogP contribution is 2.26. The van der Waals surface area contributed by atoms with Crippen molar-refractivity contribution in [3.8, 4) is 11.1 Å². The molecule has 0 spiro atoms. The Morgan fingerprint density at radius 3 is 2.00 bits per heavy atom. The second kappa shape index (κ2) is 6.51. The molecule has 1 unspecified atom stereocenters. The van der Waals surface area contributed by atoms with Crippen molar-refractivity contribution < 1.29 is 4.57 Å². The van der Waals surface area contributed by atoms with Gasteiger partial charge in [-0.2, -0.15) is 0 Å². The first kappa shape index (κ1) is 14.4. The second-order valence-electron chi connectivity index (χ2n) is 4.97. The summed E-state index contributed by atoms with van der Waals surface area (Å²) in [5, 5.41) is 1.71. The summed E-state index contributed by atoms with van der Waals surface area (Å²) >= 11 is 0. The van der Waals surface area contributed by atoms with Crippen molar-refractivity contribution in [2.24, 2.45) is 0 Å². The molecule has 0 aliphatic heterocycles. The van der Waals surface area contributed by atoms with Crippen LogP contribution in [0.15, 0.2) is 85.4 Å². The summed E-state index contributed by atoms with van der Waals surface area (Å²) in [6.45, 7) is 3.86. The highest BCUT2D eigenvalue weighted by Gasteiger charge is 2.22. The molecule has 1 nitrogen and oxygen atoms in total. The summed E-state index contributed by atoms with van der Waals surface area (Å²) in [5.41, 5.74) is 3.34. The molecule has 3 rings (SSSR count). The van der Waals surface area contributed by atoms with Crippen LogP contribution in [0.5, 0.6) is 0 Å². The molecule has 22 heavy (non-hydrogen) atoms. The van der Waals surface area contributed by atoms with E-state index in [9.17, 15) is 4.57 Å². The van der Waals surface area contributed by atoms with Crippen LogP contribution in [0.4, 0.5) is 0 Å². The summed E-state index contributed by atoms with van der Waals surface area (Å²) in [5.74, 6) is 0. The van der Waals surface area contributed by atoms with Crippen LogP contribution < -0.4 is 10.6 Å². The lowest BCUT2D eigenvalue weighted by Crippen LogP contribution is -2.05. The fourth-order valence-electron chi connectivity index (χ4n) is 2.43. The van der Waals surface area contributed by atoms with Crippen LogP contribution in [0.1, 0.15) is 5.56 Å². The van der Waals surface area contributed by atoms with Gasteiger partial charge in [-0.05, 0) is 53.1 Å². The van der Waals surface area contributed by atoms with Crippen molar-refractivity contribution in [3.63, 3.8) is 0 Å². The van der Waals surface area contributed by atoms with Crippen molar-refractivity contribution in [2.75, 3.05) is 0 Å². The van der Waals surface area contributed by atoms with Gasteiger partial charge in [0.15, 0.2) is 10.6 Å². The standard InChI is InChI=1S/C20H16OP/c1-2-16-8-6-7-11-20(16)17-12-14-19(15-13-17)22(21)18-9-4-3-5-10-18/h2-15H,1H2/q+1. The molecule has 0 amide bonds. The topological polar surface area (TPSA) is 17.1 Å². The normalized spacial score (nSPS) is 11.0. The molecule has 1 atom stereocenters. The van der Waals surface area contributed by atoms with Crippen molar-refractivity contribution in [1.29, 1.82) is 0 Å². The first-order valence-corrected chi connectivity index (χ1v) is 8.40. The third-order valence-electron chi connectivity index (χ3n) is 3.58. The fourth-order valence-corrected chi connectivity index (χ4v) is 3.59. The number of benzene rings is 3. The maximum atomic E-state index is 12.5. The van der Waals surface area contributed by atoms with E-state index in [1.165, 1.54) is 0 Å². The van der Waals surface area contributed by atoms with E-state index in [2.05, 4.69) is 12.6 Å². The molecule has 2 heteroatoms. The van der Waals surface area contributed by atoms with Crippen molar-refractivity contribution >= 4 is 24.5 Å². The van der Waals surface area contributed by atoms with Gasteiger partial charge in [0.25, 0.3) is 0 Å². The number of rotatable bonds is 4. The van der Waals surface area contributed by atoms with Gasteiger partial charge in [-0.25, -0.2) is 0 Å². The zero-order valence-electron chi connectivity index (χ0n) is 12.1. The summed E-state index contributed by atoms with van der Waals surface area (Å²) in [4.78, 5) is 0. The minimum Gasteiger partial charge on any atom is -0.0984 e. The third kappa shape index (κ3) is 2.90. The Hall–Kier alpha value is -2.50. The van der Waals surface area contributed by atoms with Crippen molar-refractivity contribution in [2.45, 2.75) is 0 Å². The van der Waals surface area contributed by atoms with Crippen LogP contribution in [0.3, 0.4) is 0 Å². The summed E-state index contributed by atoms with van der Waals surface area (Å²) in [6, 6.07) is 25.6. The molecule has 0 N–H and O–H groups in total. The molecule has 0 saturated carbocycles. The monoisotopic (exact) mass is 303 g/mol. The predicted molar refractivity (Wildman–Crippen MR) is 95.3 cm³/mol. The van der Waals surface area contributed by atoms with Crippen LogP contribution in [0.2, 0.25) is 0 Å². The Balaban J connectivity index is 1.93. The Morgan fingerprint density at radius 2 is 1.32 bits per heavy atom. The quantitative estimate of drug-likeness (QED) is 0.634. The molecular weight excluding hydrogens is 287 g/mol. The second-order valence-corrected chi connectivity index (χ2v) is 6.59. The van der Waals surface area contributed by atoms with Crippen LogP contribution in [0.25, 0.3) is 17.2 Å². The van der Waals surface area contributed by atoms with Gasteiger partial charge in [0.1, 0.15) is 0 Å². The lowest BCUT2D eigenvalue weighted by atomic mass is 10.00. The molecule has 0 radical (unpaired) electrons. The number of hydrogen-bond donors (Lipinski definition) is 0. The molecule has 106 valence electrons. The van der Waals surface area contributed by atoms with Crippen LogP contribution >= 0.6 is 7.80 Å². The van der Waals surface area contributed by atoms with Crippen molar-refractivity contribution in [3.05, 3.63) is 91.0 Å². The lowest BCUT2D eigenvalue weighted by Gasteiger charge is -2.05. The molecule has 0 saturated heterocycles. The molecular formula is C20H16OP+. The zero-order valence-corrected chi connectivity index (χ0v) is 13.0.